The third kappa shape index (κ3) is 25.6. The first-order valence-electron chi connectivity index (χ1n) is 14.7. The third-order valence-electron chi connectivity index (χ3n) is 6.43. The van der Waals surface area contributed by atoms with Crippen molar-refractivity contribution in [1.82, 2.24) is 0 Å². The quantitative estimate of drug-likeness (QED) is 0.0862. The molecule has 0 atom stereocenters. The van der Waals surface area contributed by atoms with Crippen LogP contribution in [-0.4, -0.2) is 36.6 Å². The van der Waals surface area contributed by atoms with Crippen LogP contribution in [0.1, 0.15) is 150 Å². The molecule has 0 bridgehead atoms. The number of nitrogens with zero attached hydrogens (tertiary/aromatic N) is 1. The molecule has 0 N–H and O–H groups in total. The van der Waals surface area contributed by atoms with E-state index < -0.39 is 5.97 Å². The van der Waals surface area contributed by atoms with Gasteiger partial charge >= 0.3 is 0 Å². The van der Waals surface area contributed by atoms with Crippen LogP contribution in [0.5, 0.6) is 0 Å². The van der Waals surface area contributed by atoms with Gasteiger partial charge in [0.25, 0.3) is 0 Å². The van der Waals surface area contributed by atoms with E-state index in [9.17, 15) is 9.90 Å². The Morgan fingerprint density at radius 2 is 0.909 bits per heavy atom. The predicted octanol–water partition coefficient (Wildman–Crippen LogP) is 8.22. The zero-order valence-electron chi connectivity index (χ0n) is 23.5. The molecule has 0 spiro atoms. The Kier molecular flexibility index (Phi) is 28.5. The van der Waals surface area contributed by atoms with Crippen molar-refractivity contribution in [2.45, 2.75) is 150 Å². The minimum Gasteiger partial charge on any atom is -0.550 e. The summed E-state index contributed by atoms with van der Waals surface area (Å²) in [4.78, 5) is 10.2. The van der Waals surface area contributed by atoms with Crippen LogP contribution in [0.3, 0.4) is 0 Å². The summed E-state index contributed by atoms with van der Waals surface area (Å²) in [6.07, 6.45) is 26.2. The lowest BCUT2D eigenvalue weighted by molar-refractivity contribution is -0.928. The van der Waals surface area contributed by atoms with E-state index in [0.717, 1.165) is 19.3 Å². The Hall–Kier alpha value is -0.830. The Bertz CT molecular complexity index is 390. The average molecular weight is 468 g/mol. The lowest BCUT2D eigenvalue weighted by atomic mass is 10.1. The summed E-state index contributed by atoms with van der Waals surface area (Å²) in [5, 5.41) is 10.2. The number of allylic oxidation sites excluding steroid dienone is 2. The Morgan fingerprint density at radius 1 is 0.545 bits per heavy atom. The SMILES string of the molecule is CCCCCCCC/C=C\CCCCCCCC(=O)[O-].CCC[N+](CCC)(CCC)CCC. The van der Waals surface area contributed by atoms with Crippen molar-refractivity contribution in [3.05, 3.63) is 12.2 Å². The van der Waals surface area contributed by atoms with Crippen molar-refractivity contribution in [2.24, 2.45) is 0 Å². The van der Waals surface area contributed by atoms with Gasteiger partial charge in [0.2, 0.25) is 0 Å². The van der Waals surface area contributed by atoms with Gasteiger partial charge < -0.3 is 14.4 Å². The van der Waals surface area contributed by atoms with E-state index in [4.69, 9.17) is 0 Å². The standard InChI is InChI=1S/C18H34O2.C12H28N/c1-2-3-4-5-6-7-8-9-10-11-12-13-14-15-16-17-18(19)20;1-5-9-13(10-6-2,11-7-3)12-8-4/h9-10H,2-8,11-17H2,1H3,(H,19,20);5-12H2,1-4H3/q;+1/p-1/b10-9-;. The molecule has 0 amide bonds. The fourth-order valence-corrected chi connectivity index (χ4v) is 4.91. The van der Waals surface area contributed by atoms with Gasteiger partial charge in [-0.1, -0.05) is 98.1 Å². The van der Waals surface area contributed by atoms with Crippen LogP contribution in [0.25, 0.3) is 0 Å². The van der Waals surface area contributed by atoms with Gasteiger partial charge in [-0.15, -0.1) is 0 Å². The number of rotatable bonds is 23. The highest BCUT2D eigenvalue weighted by Gasteiger charge is 2.22. The zero-order valence-corrected chi connectivity index (χ0v) is 23.5. The summed E-state index contributed by atoms with van der Waals surface area (Å²) in [7, 11) is 0. The number of aliphatic carboxylic acids is 1. The zero-order chi connectivity index (χ0) is 25.0. The van der Waals surface area contributed by atoms with Crippen molar-refractivity contribution in [3.63, 3.8) is 0 Å². The molecule has 0 heterocycles. The first-order chi connectivity index (χ1) is 16.0. The number of hydrogen-bond donors (Lipinski definition) is 0. The molecule has 0 saturated carbocycles. The molecular weight excluding hydrogens is 406 g/mol. The van der Waals surface area contributed by atoms with Gasteiger partial charge in [0, 0.05) is 5.97 Å². The molecule has 0 rings (SSSR count). The van der Waals surface area contributed by atoms with Gasteiger partial charge in [0.1, 0.15) is 0 Å². The molecule has 0 radical (unpaired) electrons. The third-order valence-corrected chi connectivity index (χ3v) is 6.43. The van der Waals surface area contributed by atoms with Crippen LogP contribution in [0, 0.1) is 0 Å². The number of carboxylic acid groups (broad SMARTS) is 1. The van der Waals surface area contributed by atoms with Crippen molar-refractivity contribution in [2.75, 3.05) is 26.2 Å². The second-order valence-electron chi connectivity index (χ2n) is 9.94. The van der Waals surface area contributed by atoms with E-state index in [0.29, 0.717) is 0 Å². The van der Waals surface area contributed by atoms with Gasteiger partial charge in [-0.05, 0) is 64.2 Å². The predicted molar refractivity (Wildman–Crippen MR) is 145 cm³/mol. The lowest BCUT2D eigenvalue weighted by Gasteiger charge is -2.38. The minimum atomic E-state index is -0.914. The molecule has 0 fully saturated rings. The molecule has 3 nitrogen and oxygen atoms in total. The Morgan fingerprint density at radius 3 is 1.27 bits per heavy atom. The molecular formula is C30H61NO2. The summed E-state index contributed by atoms with van der Waals surface area (Å²) in [6, 6.07) is 0. The monoisotopic (exact) mass is 467 g/mol. The lowest BCUT2D eigenvalue weighted by Crippen LogP contribution is -2.50. The van der Waals surface area contributed by atoms with Crippen LogP contribution in [0.15, 0.2) is 12.2 Å². The van der Waals surface area contributed by atoms with Gasteiger partial charge in [0.05, 0.1) is 26.2 Å². The Labute approximate surface area is 209 Å². The topological polar surface area (TPSA) is 40.1 Å². The molecule has 0 saturated heterocycles. The number of carbonyl (C=O) groups is 1. The summed E-state index contributed by atoms with van der Waals surface area (Å²) in [5.41, 5.74) is 0. The van der Waals surface area contributed by atoms with Gasteiger partial charge in [0.15, 0.2) is 0 Å². The van der Waals surface area contributed by atoms with E-state index in [1.54, 1.807) is 0 Å². The maximum absolute atomic E-state index is 10.2. The molecule has 0 aliphatic heterocycles. The minimum absolute atomic E-state index is 0.220. The second-order valence-corrected chi connectivity index (χ2v) is 9.94. The molecule has 0 aromatic heterocycles. The average Bonchev–Trinajstić information content (AvgIpc) is 2.77. The highest BCUT2D eigenvalue weighted by Crippen LogP contribution is 2.13. The van der Waals surface area contributed by atoms with Crippen LogP contribution in [0.2, 0.25) is 0 Å². The molecule has 0 unspecified atom stereocenters. The first kappa shape index (κ1) is 34.3. The van der Waals surface area contributed by atoms with Gasteiger partial charge in [-0.25, -0.2) is 0 Å². The maximum atomic E-state index is 10.2. The number of quaternary nitrogens is 1. The van der Waals surface area contributed by atoms with Gasteiger partial charge in [-0.2, -0.15) is 0 Å². The molecule has 0 aromatic rings. The first-order valence-corrected chi connectivity index (χ1v) is 14.7. The normalized spacial score (nSPS) is 11.5. The summed E-state index contributed by atoms with van der Waals surface area (Å²) < 4.78 is 1.38. The van der Waals surface area contributed by atoms with Crippen LogP contribution in [0.4, 0.5) is 0 Å². The van der Waals surface area contributed by atoms with E-state index in [2.05, 4.69) is 46.8 Å². The van der Waals surface area contributed by atoms with E-state index in [1.165, 1.54) is 121 Å². The van der Waals surface area contributed by atoms with Gasteiger partial charge in [-0.3, -0.25) is 0 Å². The van der Waals surface area contributed by atoms with Crippen LogP contribution in [-0.2, 0) is 4.79 Å². The highest BCUT2D eigenvalue weighted by atomic mass is 16.4. The summed E-state index contributed by atoms with van der Waals surface area (Å²) in [6.45, 7) is 17.0. The van der Waals surface area contributed by atoms with Crippen molar-refractivity contribution in [1.29, 1.82) is 0 Å². The fraction of sp³-hybridized carbons (Fsp3) is 0.900. The largest absolute Gasteiger partial charge is 0.550 e. The second kappa shape index (κ2) is 27.4. The summed E-state index contributed by atoms with van der Waals surface area (Å²) >= 11 is 0. The Balaban J connectivity index is 0. The number of carboxylic acids is 1. The van der Waals surface area contributed by atoms with Crippen molar-refractivity contribution in [3.8, 4) is 0 Å². The van der Waals surface area contributed by atoms with Crippen LogP contribution < -0.4 is 5.11 Å². The molecule has 3 heteroatoms. The maximum Gasteiger partial charge on any atom is 0.0783 e. The van der Waals surface area contributed by atoms with E-state index in [-0.39, 0.29) is 6.42 Å². The number of carbonyl (C=O) groups excluding carboxylic acids is 1. The van der Waals surface area contributed by atoms with E-state index in [1.807, 2.05) is 0 Å². The van der Waals surface area contributed by atoms with E-state index >= 15 is 0 Å². The number of unbranched alkanes of at least 4 members (excludes halogenated alkanes) is 11. The van der Waals surface area contributed by atoms with Crippen molar-refractivity contribution >= 4 is 5.97 Å². The fourth-order valence-electron chi connectivity index (χ4n) is 4.91. The molecule has 198 valence electrons. The highest BCUT2D eigenvalue weighted by molar-refractivity contribution is 5.64. The smallest absolute Gasteiger partial charge is 0.0783 e. The molecule has 0 aliphatic carbocycles. The molecule has 0 aliphatic rings. The molecule has 0 aromatic carbocycles. The summed E-state index contributed by atoms with van der Waals surface area (Å²) in [5.74, 6) is -0.914. The van der Waals surface area contributed by atoms with Crippen LogP contribution >= 0.6 is 0 Å². The van der Waals surface area contributed by atoms with Crippen molar-refractivity contribution < 1.29 is 14.4 Å². The number of hydrogen-bond acceptors (Lipinski definition) is 2. The molecule has 33 heavy (non-hydrogen) atoms.